The fourth-order valence-electron chi connectivity index (χ4n) is 2.37. The van der Waals surface area contributed by atoms with Crippen LogP contribution in [0.5, 0.6) is 5.75 Å². The van der Waals surface area contributed by atoms with Crippen LogP contribution in [0.2, 0.25) is 0 Å². The van der Waals surface area contributed by atoms with Crippen LogP contribution in [0, 0.1) is 0 Å². The number of ether oxygens (including phenoxy) is 3. The second-order valence-electron chi connectivity index (χ2n) is 5.43. The van der Waals surface area contributed by atoms with E-state index in [9.17, 15) is 0 Å². The molecule has 6 nitrogen and oxygen atoms in total. The minimum absolute atomic E-state index is 0.303. The molecule has 6 heteroatoms. The molecule has 1 aromatic carbocycles. The van der Waals surface area contributed by atoms with Crippen LogP contribution >= 0.6 is 0 Å². The second kappa shape index (κ2) is 10.1. The van der Waals surface area contributed by atoms with Crippen LogP contribution < -0.4 is 15.4 Å². The van der Waals surface area contributed by atoms with Gasteiger partial charge in [-0.2, -0.15) is 0 Å². The highest BCUT2D eigenvalue weighted by Crippen LogP contribution is 2.12. The number of nitrogens with zero attached hydrogens (tertiary/aromatic N) is 1. The average molecular weight is 321 g/mol. The Morgan fingerprint density at radius 1 is 1.26 bits per heavy atom. The van der Waals surface area contributed by atoms with Gasteiger partial charge in [0.15, 0.2) is 5.96 Å². The van der Waals surface area contributed by atoms with Gasteiger partial charge >= 0.3 is 0 Å². The number of benzene rings is 1. The molecule has 0 bridgehead atoms. The lowest BCUT2D eigenvalue weighted by Gasteiger charge is -2.15. The molecule has 1 heterocycles. The molecule has 23 heavy (non-hydrogen) atoms. The van der Waals surface area contributed by atoms with Gasteiger partial charge in [-0.05, 0) is 30.5 Å². The molecular weight excluding hydrogens is 294 g/mol. The van der Waals surface area contributed by atoms with Crippen molar-refractivity contribution in [2.45, 2.75) is 25.5 Å². The van der Waals surface area contributed by atoms with Gasteiger partial charge in [-0.1, -0.05) is 12.1 Å². The molecular formula is C17H27N3O3. The standard InChI is InChI=1S/C17H27N3O3/c1-18-17(20-13-16-4-3-9-22-16)19-12-14-5-7-15(8-6-14)23-11-10-21-2/h5-8,16H,3-4,9-13H2,1-2H3,(H2,18,19,20). The van der Waals surface area contributed by atoms with Crippen LogP contribution in [0.1, 0.15) is 18.4 Å². The maximum absolute atomic E-state index is 5.60. The Morgan fingerprint density at radius 2 is 2.09 bits per heavy atom. The summed E-state index contributed by atoms with van der Waals surface area (Å²) >= 11 is 0. The van der Waals surface area contributed by atoms with Gasteiger partial charge in [-0.3, -0.25) is 4.99 Å². The van der Waals surface area contributed by atoms with Gasteiger partial charge in [0.1, 0.15) is 12.4 Å². The minimum Gasteiger partial charge on any atom is -0.491 e. The first-order chi connectivity index (χ1) is 11.3. The number of aliphatic imine (C=N–C) groups is 1. The number of hydrogen-bond donors (Lipinski definition) is 2. The lowest BCUT2D eigenvalue weighted by molar-refractivity contribution is 0.114. The maximum Gasteiger partial charge on any atom is 0.191 e. The summed E-state index contributed by atoms with van der Waals surface area (Å²) in [7, 11) is 3.44. The first kappa shape index (κ1) is 17.6. The normalized spacial score (nSPS) is 18.0. The van der Waals surface area contributed by atoms with Crippen LogP contribution in [0.15, 0.2) is 29.3 Å². The Balaban J connectivity index is 1.70. The van der Waals surface area contributed by atoms with Gasteiger partial charge in [-0.15, -0.1) is 0 Å². The van der Waals surface area contributed by atoms with Gasteiger partial charge in [0, 0.05) is 33.9 Å². The van der Waals surface area contributed by atoms with E-state index >= 15 is 0 Å². The van der Waals surface area contributed by atoms with Crippen molar-refractivity contribution in [1.82, 2.24) is 10.6 Å². The van der Waals surface area contributed by atoms with Gasteiger partial charge in [0.2, 0.25) is 0 Å². The van der Waals surface area contributed by atoms with Crippen molar-refractivity contribution in [3.05, 3.63) is 29.8 Å². The third kappa shape index (κ3) is 6.46. The zero-order valence-electron chi connectivity index (χ0n) is 14.0. The molecule has 1 aliphatic rings. The lowest BCUT2D eigenvalue weighted by Crippen LogP contribution is -2.40. The predicted molar refractivity (Wildman–Crippen MR) is 91.0 cm³/mol. The Labute approximate surface area is 138 Å². The zero-order valence-corrected chi connectivity index (χ0v) is 14.0. The van der Waals surface area contributed by atoms with Crippen molar-refractivity contribution in [3.63, 3.8) is 0 Å². The average Bonchev–Trinajstić information content (AvgIpc) is 3.10. The van der Waals surface area contributed by atoms with Gasteiger partial charge in [0.25, 0.3) is 0 Å². The van der Waals surface area contributed by atoms with Crippen LogP contribution in [0.25, 0.3) is 0 Å². The van der Waals surface area contributed by atoms with Crippen molar-refractivity contribution >= 4 is 5.96 Å². The van der Waals surface area contributed by atoms with E-state index < -0.39 is 0 Å². The summed E-state index contributed by atoms with van der Waals surface area (Å²) < 4.78 is 16.1. The summed E-state index contributed by atoms with van der Waals surface area (Å²) in [4.78, 5) is 4.23. The van der Waals surface area contributed by atoms with E-state index in [0.29, 0.717) is 25.9 Å². The molecule has 128 valence electrons. The molecule has 1 fully saturated rings. The highest BCUT2D eigenvalue weighted by atomic mass is 16.5. The quantitative estimate of drug-likeness (QED) is 0.432. The first-order valence-corrected chi connectivity index (χ1v) is 8.08. The lowest BCUT2D eigenvalue weighted by atomic mass is 10.2. The van der Waals surface area contributed by atoms with Crippen LogP contribution in [-0.4, -0.2) is 52.6 Å². The largest absolute Gasteiger partial charge is 0.491 e. The molecule has 1 unspecified atom stereocenters. The van der Waals surface area contributed by atoms with Gasteiger partial charge in [0.05, 0.1) is 12.7 Å². The second-order valence-corrected chi connectivity index (χ2v) is 5.43. The third-order valence-electron chi connectivity index (χ3n) is 3.68. The van der Waals surface area contributed by atoms with E-state index in [4.69, 9.17) is 14.2 Å². The minimum atomic E-state index is 0.303. The topological polar surface area (TPSA) is 64.1 Å². The fraction of sp³-hybridized carbons (Fsp3) is 0.588. The highest BCUT2D eigenvalue weighted by Gasteiger charge is 2.15. The smallest absolute Gasteiger partial charge is 0.191 e. The molecule has 0 aliphatic carbocycles. The SMILES string of the molecule is CN=C(NCc1ccc(OCCOC)cc1)NCC1CCCO1. The Morgan fingerprint density at radius 3 is 2.74 bits per heavy atom. The molecule has 1 saturated heterocycles. The van der Waals surface area contributed by atoms with E-state index in [1.807, 2.05) is 24.3 Å². The van der Waals surface area contributed by atoms with Crippen LogP contribution in [0.4, 0.5) is 0 Å². The molecule has 0 radical (unpaired) electrons. The molecule has 0 aromatic heterocycles. The Kier molecular flexibility index (Phi) is 7.69. The van der Waals surface area contributed by atoms with E-state index in [2.05, 4.69) is 15.6 Å². The van der Waals surface area contributed by atoms with E-state index in [1.54, 1.807) is 14.2 Å². The fourth-order valence-corrected chi connectivity index (χ4v) is 2.37. The van der Waals surface area contributed by atoms with Gasteiger partial charge in [-0.25, -0.2) is 0 Å². The van der Waals surface area contributed by atoms with Crippen molar-refractivity contribution < 1.29 is 14.2 Å². The third-order valence-corrected chi connectivity index (χ3v) is 3.68. The van der Waals surface area contributed by atoms with Crippen molar-refractivity contribution in [3.8, 4) is 5.75 Å². The predicted octanol–water partition coefficient (Wildman–Crippen LogP) is 1.56. The molecule has 1 atom stereocenters. The number of rotatable bonds is 8. The summed E-state index contributed by atoms with van der Waals surface area (Å²) in [5.41, 5.74) is 1.17. The summed E-state index contributed by atoms with van der Waals surface area (Å²) in [5, 5.41) is 6.61. The molecule has 2 rings (SSSR count). The van der Waals surface area contributed by atoms with E-state index in [1.165, 1.54) is 5.56 Å². The van der Waals surface area contributed by atoms with Crippen molar-refractivity contribution in [2.75, 3.05) is 40.5 Å². The summed E-state index contributed by atoms with van der Waals surface area (Å²) in [5.74, 6) is 1.65. The number of guanidine groups is 1. The summed E-state index contributed by atoms with van der Waals surface area (Å²) in [6.45, 7) is 3.54. The van der Waals surface area contributed by atoms with Gasteiger partial charge < -0.3 is 24.8 Å². The van der Waals surface area contributed by atoms with Crippen molar-refractivity contribution in [1.29, 1.82) is 0 Å². The van der Waals surface area contributed by atoms with Crippen molar-refractivity contribution in [2.24, 2.45) is 4.99 Å². The summed E-state index contributed by atoms with van der Waals surface area (Å²) in [6, 6.07) is 8.02. The molecule has 2 N–H and O–H groups in total. The molecule has 0 saturated carbocycles. The van der Waals surface area contributed by atoms with Crippen LogP contribution in [0.3, 0.4) is 0 Å². The Bertz CT molecular complexity index is 470. The first-order valence-electron chi connectivity index (χ1n) is 8.08. The zero-order chi connectivity index (χ0) is 16.3. The molecule has 1 aromatic rings. The maximum atomic E-state index is 5.60. The Hall–Kier alpha value is -1.79. The molecule has 0 amide bonds. The molecule has 1 aliphatic heterocycles. The monoisotopic (exact) mass is 321 g/mol. The highest BCUT2D eigenvalue weighted by molar-refractivity contribution is 5.79. The van der Waals surface area contributed by atoms with E-state index in [0.717, 1.165) is 37.7 Å². The number of hydrogen-bond acceptors (Lipinski definition) is 4. The summed E-state index contributed by atoms with van der Waals surface area (Å²) in [6.07, 6.45) is 2.57. The van der Waals surface area contributed by atoms with Crippen LogP contribution in [-0.2, 0) is 16.0 Å². The number of nitrogens with one attached hydrogen (secondary N) is 2. The molecule has 0 spiro atoms. The van der Waals surface area contributed by atoms with E-state index in [-0.39, 0.29) is 0 Å². The number of methoxy groups -OCH3 is 1.